The Kier molecular flexibility index (Phi) is 2.80. The van der Waals surface area contributed by atoms with E-state index in [0.29, 0.717) is 5.92 Å². The Labute approximate surface area is 91.5 Å². The van der Waals surface area contributed by atoms with Crippen molar-refractivity contribution in [3.8, 4) is 0 Å². The molecule has 1 N–H and O–H groups in total. The molecule has 0 aliphatic carbocycles. The Morgan fingerprint density at radius 2 is 2.33 bits per heavy atom. The summed E-state index contributed by atoms with van der Waals surface area (Å²) >= 11 is 0. The van der Waals surface area contributed by atoms with Gasteiger partial charge in [-0.3, -0.25) is 0 Å². The summed E-state index contributed by atoms with van der Waals surface area (Å²) in [5.41, 5.74) is 2.50. The van der Waals surface area contributed by atoms with E-state index < -0.39 is 0 Å². The summed E-state index contributed by atoms with van der Waals surface area (Å²) < 4.78 is 0. The quantitative estimate of drug-likeness (QED) is 0.803. The Hall–Kier alpha value is -1.25. The third-order valence-corrected chi connectivity index (χ3v) is 2.71. The Morgan fingerprint density at radius 1 is 1.53 bits per heavy atom. The van der Waals surface area contributed by atoms with Crippen LogP contribution in [-0.2, 0) is 0 Å². The van der Waals surface area contributed by atoms with Gasteiger partial charge in [0.2, 0.25) is 0 Å². The van der Waals surface area contributed by atoms with Crippen LogP contribution in [0, 0.1) is 12.8 Å². The van der Waals surface area contributed by atoms with Gasteiger partial charge in [0.15, 0.2) is 5.82 Å². The van der Waals surface area contributed by atoms with Crippen molar-refractivity contribution in [1.82, 2.24) is 4.98 Å². The minimum absolute atomic E-state index is 0.679. The number of anilines is 2. The summed E-state index contributed by atoms with van der Waals surface area (Å²) in [6.07, 6.45) is 1.90. The maximum absolute atomic E-state index is 4.48. The Bertz CT molecular complexity index is 347. The Morgan fingerprint density at radius 3 is 3.07 bits per heavy atom. The van der Waals surface area contributed by atoms with Crippen molar-refractivity contribution in [3.63, 3.8) is 0 Å². The molecule has 2 heterocycles. The van der Waals surface area contributed by atoms with Crippen LogP contribution >= 0.6 is 0 Å². The van der Waals surface area contributed by atoms with Crippen LogP contribution in [0.4, 0.5) is 11.5 Å². The monoisotopic (exact) mass is 205 g/mol. The minimum atomic E-state index is 0.679. The largest absolute Gasteiger partial charge is 0.380 e. The average molecular weight is 205 g/mol. The number of hydrogen-bond acceptors (Lipinski definition) is 3. The van der Waals surface area contributed by atoms with E-state index in [2.05, 4.69) is 42.0 Å². The van der Waals surface area contributed by atoms with Crippen LogP contribution in [0.5, 0.6) is 0 Å². The molecule has 0 bridgehead atoms. The van der Waals surface area contributed by atoms with Gasteiger partial charge in [-0.05, 0) is 24.5 Å². The second-order valence-electron chi connectivity index (χ2n) is 4.59. The molecule has 0 amide bonds. The predicted octanol–water partition coefficient (Wildman–Crippen LogP) is 2.28. The highest BCUT2D eigenvalue weighted by atomic mass is 15.2. The maximum Gasteiger partial charge on any atom is 0.152 e. The summed E-state index contributed by atoms with van der Waals surface area (Å²) in [5.74, 6) is 1.80. The van der Waals surface area contributed by atoms with Gasteiger partial charge in [-0.15, -0.1) is 0 Å². The van der Waals surface area contributed by atoms with Gasteiger partial charge in [-0.1, -0.05) is 13.8 Å². The first-order valence-corrected chi connectivity index (χ1v) is 5.63. The summed E-state index contributed by atoms with van der Waals surface area (Å²) in [5, 5.41) is 3.43. The van der Waals surface area contributed by atoms with Gasteiger partial charge in [0, 0.05) is 25.8 Å². The number of hydrogen-bond donors (Lipinski definition) is 1. The predicted molar refractivity (Wildman–Crippen MR) is 64.5 cm³/mol. The first kappa shape index (κ1) is 10.3. The summed E-state index contributed by atoms with van der Waals surface area (Å²) in [4.78, 5) is 6.86. The highest BCUT2D eigenvalue weighted by Gasteiger charge is 2.19. The van der Waals surface area contributed by atoms with Gasteiger partial charge >= 0.3 is 0 Å². The lowest BCUT2D eigenvalue weighted by molar-refractivity contribution is 0.605. The number of fused-ring (bicyclic) bond motifs is 1. The van der Waals surface area contributed by atoms with Crippen LogP contribution in [0.15, 0.2) is 12.3 Å². The van der Waals surface area contributed by atoms with Gasteiger partial charge < -0.3 is 10.2 Å². The molecular weight excluding hydrogens is 186 g/mol. The molecule has 0 unspecified atom stereocenters. The number of nitrogens with zero attached hydrogens (tertiary/aromatic N) is 2. The topological polar surface area (TPSA) is 28.2 Å². The van der Waals surface area contributed by atoms with Crippen LogP contribution in [0.3, 0.4) is 0 Å². The lowest BCUT2D eigenvalue weighted by Gasteiger charge is -2.32. The average Bonchev–Trinajstić information content (AvgIpc) is 2.19. The second kappa shape index (κ2) is 4.09. The number of nitrogens with one attached hydrogen (secondary N) is 1. The van der Waals surface area contributed by atoms with E-state index in [0.717, 1.165) is 25.5 Å². The molecule has 0 fully saturated rings. The highest BCUT2D eigenvalue weighted by Crippen LogP contribution is 2.29. The van der Waals surface area contributed by atoms with Crippen molar-refractivity contribution in [1.29, 1.82) is 0 Å². The molecule has 0 atom stereocenters. The first-order valence-electron chi connectivity index (χ1n) is 5.63. The molecule has 82 valence electrons. The van der Waals surface area contributed by atoms with E-state index in [4.69, 9.17) is 0 Å². The fraction of sp³-hybridized carbons (Fsp3) is 0.583. The number of rotatable bonds is 2. The van der Waals surface area contributed by atoms with E-state index >= 15 is 0 Å². The van der Waals surface area contributed by atoms with Crippen LogP contribution in [0.25, 0.3) is 0 Å². The third-order valence-electron chi connectivity index (χ3n) is 2.71. The molecule has 1 aromatic rings. The molecule has 0 spiro atoms. The van der Waals surface area contributed by atoms with Crippen molar-refractivity contribution < 1.29 is 0 Å². The van der Waals surface area contributed by atoms with Crippen molar-refractivity contribution in [2.75, 3.05) is 29.9 Å². The molecular formula is C12H19N3. The van der Waals surface area contributed by atoms with Gasteiger partial charge in [-0.2, -0.15) is 0 Å². The van der Waals surface area contributed by atoms with Gasteiger partial charge in [0.1, 0.15) is 0 Å². The van der Waals surface area contributed by atoms with Gasteiger partial charge in [0.25, 0.3) is 0 Å². The van der Waals surface area contributed by atoms with Gasteiger partial charge in [0.05, 0.1) is 5.69 Å². The summed E-state index contributed by atoms with van der Waals surface area (Å²) in [7, 11) is 0. The zero-order valence-electron chi connectivity index (χ0n) is 9.75. The molecule has 0 aromatic carbocycles. The number of aryl methyl sites for hydroxylation is 1. The third kappa shape index (κ3) is 2.06. The zero-order chi connectivity index (χ0) is 10.8. The van der Waals surface area contributed by atoms with Crippen LogP contribution in [-0.4, -0.2) is 24.6 Å². The van der Waals surface area contributed by atoms with E-state index in [1.54, 1.807) is 0 Å². The molecule has 1 aliphatic heterocycles. The van der Waals surface area contributed by atoms with Crippen LogP contribution in [0.2, 0.25) is 0 Å². The molecule has 0 saturated carbocycles. The minimum Gasteiger partial charge on any atom is -0.380 e. The standard InChI is InChI=1S/C12H19N3/c1-9(2)8-15-7-6-13-11-10(3)4-5-14-12(11)15/h4-5,9,13H,6-8H2,1-3H3. The molecule has 1 aliphatic rings. The van der Waals surface area contributed by atoms with E-state index in [9.17, 15) is 0 Å². The summed E-state index contributed by atoms with van der Waals surface area (Å²) in [6.45, 7) is 9.79. The van der Waals surface area contributed by atoms with E-state index in [1.165, 1.54) is 11.3 Å². The summed E-state index contributed by atoms with van der Waals surface area (Å²) in [6, 6.07) is 2.06. The van der Waals surface area contributed by atoms with Crippen LogP contribution in [0.1, 0.15) is 19.4 Å². The molecule has 2 rings (SSSR count). The first-order chi connectivity index (χ1) is 7.18. The van der Waals surface area contributed by atoms with Crippen LogP contribution < -0.4 is 10.2 Å². The normalized spacial score (nSPS) is 15.1. The fourth-order valence-corrected chi connectivity index (χ4v) is 2.04. The SMILES string of the molecule is Cc1ccnc2c1NCCN2CC(C)C. The molecule has 15 heavy (non-hydrogen) atoms. The lowest BCUT2D eigenvalue weighted by Crippen LogP contribution is -2.37. The zero-order valence-corrected chi connectivity index (χ0v) is 9.75. The smallest absolute Gasteiger partial charge is 0.152 e. The number of aromatic nitrogens is 1. The Balaban J connectivity index is 2.30. The maximum atomic E-state index is 4.48. The van der Waals surface area contributed by atoms with Crippen molar-refractivity contribution >= 4 is 11.5 Å². The van der Waals surface area contributed by atoms with E-state index in [1.807, 2.05) is 6.20 Å². The molecule has 0 radical (unpaired) electrons. The highest BCUT2D eigenvalue weighted by molar-refractivity contribution is 5.71. The fourth-order valence-electron chi connectivity index (χ4n) is 2.04. The second-order valence-corrected chi connectivity index (χ2v) is 4.59. The van der Waals surface area contributed by atoms with Crippen molar-refractivity contribution in [2.45, 2.75) is 20.8 Å². The molecule has 0 saturated heterocycles. The van der Waals surface area contributed by atoms with Crippen molar-refractivity contribution in [3.05, 3.63) is 17.8 Å². The number of pyridine rings is 1. The lowest BCUT2D eigenvalue weighted by atomic mass is 10.1. The molecule has 3 nitrogen and oxygen atoms in total. The van der Waals surface area contributed by atoms with Gasteiger partial charge in [-0.25, -0.2) is 4.98 Å². The van der Waals surface area contributed by atoms with Crippen molar-refractivity contribution in [2.24, 2.45) is 5.92 Å². The van der Waals surface area contributed by atoms with E-state index in [-0.39, 0.29) is 0 Å². The molecule has 1 aromatic heterocycles. The molecule has 3 heteroatoms.